The molecule has 0 N–H and O–H groups in total. The molecule has 30 heavy (non-hydrogen) atoms. The summed E-state index contributed by atoms with van der Waals surface area (Å²) in [6.45, 7) is -1.01. The third-order valence-corrected chi connectivity index (χ3v) is 5.63. The number of carbonyl (C=O) groups is 2. The molecule has 1 saturated heterocycles. The fourth-order valence-electron chi connectivity index (χ4n) is 2.68. The Morgan fingerprint density at radius 3 is 2.53 bits per heavy atom. The molecule has 0 aromatic heterocycles. The smallest absolute Gasteiger partial charge is 0.387 e. The van der Waals surface area contributed by atoms with E-state index in [1.54, 1.807) is 25.1 Å². The maximum absolute atomic E-state index is 12.7. The Morgan fingerprint density at radius 2 is 1.87 bits per heavy atom. The molecule has 1 aliphatic heterocycles. The Morgan fingerprint density at radius 1 is 1.10 bits per heavy atom. The van der Waals surface area contributed by atoms with Crippen LogP contribution in [-0.4, -0.2) is 29.3 Å². The van der Waals surface area contributed by atoms with E-state index >= 15 is 0 Å². The van der Waals surface area contributed by atoms with Gasteiger partial charge in [-0.15, -0.1) is 0 Å². The van der Waals surface area contributed by atoms with E-state index in [0.29, 0.717) is 21.2 Å². The van der Waals surface area contributed by atoms with Crippen molar-refractivity contribution >= 4 is 52.2 Å². The highest BCUT2D eigenvalue weighted by Gasteiger charge is 2.35. The van der Waals surface area contributed by atoms with Crippen molar-refractivity contribution in [3.8, 4) is 11.5 Å². The second-order valence-electron chi connectivity index (χ2n) is 6.03. The van der Waals surface area contributed by atoms with Crippen LogP contribution in [0.1, 0.15) is 18.1 Å². The molecule has 0 atom stereocenters. The molecule has 158 valence electrons. The fourth-order valence-corrected chi connectivity index (χ4v) is 3.84. The number of nitrogens with zero attached hydrogens (tertiary/aromatic N) is 1. The van der Waals surface area contributed by atoms with Gasteiger partial charge in [-0.25, -0.2) is 0 Å². The summed E-state index contributed by atoms with van der Waals surface area (Å²) >= 11 is 12.7. The van der Waals surface area contributed by atoms with Crippen molar-refractivity contribution in [3.05, 3.63) is 62.5 Å². The van der Waals surface area contributed by atoms with E-state index < -0.39 is 17.8 Å². The molecule has 0 aliphatic carbocycles. The van der Waals surface area contributed by atoms with Gasteiger partial charge in [0.15, 0.2) is 11.5 Å². The van der Waals surface area contributed by atoms with E-state index in [9.17, 15) is 18.4 Å². The number of hydrogen-bond acceptors (Lipinski definition) is 5. The van der Waals surface area contributed by atoms with Gasteiger partial charge in [-0.3, -0.25) is 14.5 Å². The molecule has 0 bridgehead atoms. The van der Waals surface area contributed by atoms with Crippen LogP contribution in [0.5, 0.6) is 11.5 Å². The highest BCUT2D eigenvalue weighted by atomic mass is 35.5. The molecular weight excluding hydrogens is 459 g/mol. The Kier molecular flexibility index (Phi) is 7.23. The molecule has 10 heteroatoms. The first-order valence-corrected chi connectivity index (χ1v) is 10.3. The van der Waals surface area contributed by atoms with Crippen molar-refractivity contribution in [2.75, 3.05) is 6.61 Å². The lowest BCUT2D eigenvalue weighted by Crippen LogP contribution is -2.27. The average molecular weight is 474 g/mol. The van der Waals surface area contributed by atoms with Crippen LogP contribution in [0, 0.1) is 0 Å². The van der Waals surface area contributed by atoms with Crippen LogP contribution >= 0.6 is 35.0 Å². The van der Waals surface area contributed by atoms with Crippen LogP contribution in [-0.2, 0) is 11.3 Å². The molecule has 0 spiro atoms. The number of halogens is 4. The van der Waals surface area contributed by atoms with Crippen LogP contribution < -0.4 is 9.47 Å². The van der Waals surface area contributed by atoms with E-state index in [1.807, 2.05) is 0 Å². The SMILES string of the molecule is CCOc1cc(/C=C2\SC(=O)N(Cc3ccc(Cl)c(Cl)c3)C2=O)ccc1OC(F)F. The summed E-state index contributed by atoms with van der Waals surface area (Å²) < 4.78 is 34.8. The molecule has 0 saturated carbocycles. The summed E-state index contributed by atoms with van der Waals surface area (Å²) in [6.07, 6.45) is 1.49. The van der Waals surface area contributed by atoms with Gasteiger partial charge in [0, 0.05) is 0 Å². The number of rotatable bonds is 7. The van der Waals surface area contributed by atoms with Gasteiger partial charge in [-0.2, -0.15) is 8.78 Å². The standard InChI is InChI=1S/C20H15Cl2F2NO4S/c1-2-28-16-8-11(4-6-15(16)29-19(23)24)9-17-18(26)25(20(27)30-17)10-12-3-5-13(21)14(22)7-12/h3-9,19H,2,10H2,1H3/b17-9-. The number of hydrogen-bond donors (Lipinski definition) is 0. The predicted octanol–water partition coefficient (Wildman–Crippen LogP) is 6.23. The average Bonchev–Trinajstić information content (AvgIpc) is 2.94. The Labute approximate surface area is 185 Å². The predicted molar refractivity (Wildman–Crippen MR) is 112 cm³/mol. The van der Waals surface area contributed by atoms with Crippen LogP contribution in [0.25, 0.3) is 6.08 Å². The zero-order valence-electron chi connectivity index (χ0n) is 15.5. The zero-order valence-corrected chi connectivity index (χ0v) is 17.9. The third kappa shape index (κ3) is 5.24. The second-order valence-corrected chi connectivity index (χ2v) is 7.84. The minimum Gasteiger partial charge on any atom is -0.490 e. The number of amides is 2. The van der Waals surface area contributed by atoms with Crippen molar-refractivity contribution in [2.45, 2.75) is 20.1 Å². The number of thioether (sulfide) groups is 1. The summed E-state index contributed by atoms with van der Waals surface area (Å²) in [5.41, 5.74) is 1.15. The first-order chi connectivity index (χ1) is 14.3. The molecule has 2 amide bonds. The number of benzene rings is 2. The lowest BCUT2D eigenvalue weighted by molar-refractivity contribution is -0.123. The lowest BCUT2D eigenvalue weighted by Gasteiger charge is -2.13. The molecule has 2 aromatic carbocycles. The maximum Gasteiger partial charge on any atom is 0.387 e. The van der Waals surface area contributed by atoms with E-state index in [0.717, 1.165) is 16.7 Å². The van der Waals surface area contributed by atoms with Crippen molar-refractivity contribution in [2.24, 2.45) is 0 Å². The zero-order chi connectivity index (χ0) is 21.8. The minimum atomic E-state index is -2.99. The van der Waals surface area contributed by atoms with Gasteiger partial charge in [0.1, 0.15) is 0 Å². The number of ether oxygens (including phenoxy) is 2. The molecule has 1 heterocycles. The molecule has 0 unspecified atom stereocenters. The Bertz CT molecular complexity index is 1020. The number of carbonyl (C=O) groups excluding carboxylic acids is 2. The second kappa shape index (κ2) is 9.68. The van der Waals surface area contributed by atoms with Crippen LogP contribution in [0.4, 0.5) is 13.6 Å². The van der Waals surface area contributed by atoms with Crippen molar-refractivity contribution < 1.29 is 27.8 Å². The van der Waals surface area contributed by atoms with E-state index in [2.05, 4.69) is 4.74 Å². The van der Waals surface area contributed by atoms with Gasteiger partial charge in [0.25, 0.3) is 11.1 Å². The number of imide groups is 1. The Hall–Kier alpha value is -2.29. The first kappa shape index (κ1) is 22.4. The van der Waals surface area contributed by atoms with Crippen molar-refractivity contribution in [3.63, 3.8) is 0 Å². The fraction of sp³-hybridized carbons (Fsp3) is 0.200. The normalized spacial score (nSPS) is 15.4. The molecule has 0 radical (unpaired) electrons. The Balaban J connectivity index is 1.82. The van der Waals surface area contributed by atoms with Gasteiger partial charge in [-0.05, 0) is 60.2 Å². The van der Waals surface area contributed by atoms with Crippen molar-refractivity contribution in [1.29, 1.82) is 0 Å². The van der Waals surface area contributed by atoms with Crippen LogP contribution in [0.3, 0.4) is 0 Å². The monoisotopic (exact) mass is 473 g/mol. The van der Waals surface area contributed by atoms with Gasteiger partial charge in [0.2, 0.25) is 0 Å². The summed E-state index contributed by atoms with van der Waals surface area (Å²) in [5, 5.41) is 0.269. The minimum absolute atomic E-state index is 0.0459. The first-order valence-electron chi connectivity index (χ1n) is 8.69. The lowest BCUT2D eigenvalue weighted by atomic mass is 10.1. The van der Waals surface area contributed by atoms with Gasteiger partial charge >= 0.3 is 6.61 Å². The largest absolute Gasteiger partial charge is 0.490 e. The summed E-state index contributed by atoms with van der Waals surface area (Å²) in [7, 11) is 0. The molecule has 1 fully saturated rings. The highest BCUT2D eigenvalue weighted by molar-refractivity contribution is 8.18. The topological polar surface area (TPSA) is 55.8 Å². The highest BCUT2D eigenvalue weighted by Crippen LogP contribution is 2.36. The molecule has 1 aliphatic rings. The van der Waals surface area contributed by atoms with Gasteiger partial charge in [0.05, 0.1) is 28.1 Å². The number of alkyl halides is 2. The molecule has 2 aromatic rings. The van der Waals surface area contributed by atoms with Crippen LogP contribution in [0.15, 0.2) is 41.3 Å². The van der Waals surface area contributed by atoms with Crippen molar-refractivity contribution in [1.82, 2.24) is 4.90 Å². The van der Waals surface area contributed by atoms with Gasteiger partial charge in [-0.1, -0.05) is 35.3 Å². The summed E-state index contributed by atoms with van der Waals surface area (Å²) in [6, 6.07) is 9.14. The molecule has 3 rings (SSSR count). The molecule has 5 nitrogen and oxygen atoms in total. The summed E-state index contributed by atoms with van der Waals surface area (Å²) in [4.78, 5) is 26.3. The van der Waals surface area contributed by atoms with E-state index in [-0.39, 0.29) is 29.6 Å². The third-order valence-electron chi connectivity index (χ3n) is 3.98. The summed E-state index contributed by atoms with van der Waals surface area (Å²) in [5.74, 6) is -0.472. The maximum atomic E-state index is 12.7. The van der Waals surface area contributed by atoms with Crippen LogP contribution in [0.2, 0.25) is 10.0 Å². The molecular formula is C20H15Cl2F2NO4S. The van der Waals surface area contributed by atoms with E-state index in [1.165, 1.54) is 24.3 Å². The van der Waals surface area contributed by atoms with Gasteiger partial charge < -0.3 is 9.47 Å². The quantitative estimate of drug-likeness (QED) is 0.446. The van der Waals surface area contributed by atoms with E-state index in [4.69, 9.17) is 27.9 Å².